The molecule has 31 heavy (non-hydrogen) atoms. The Bertz CT molecular complexity index is 511. The van der Waals surface area contributed by atoms with Crippen LogP contribution in [0.5, 0.6) is 0 Å². The van der Waals surface area contributed by atoms with Crippen molar-refractivity contribution in [2.45, 2.75) is 122 Å². The summed E-state index contributed by atoms with van der Waals surface area (Å²) in [7, 11) is 4.59. The Kier molecular flexibility index (Phi) is 19.4. The highest BCUT2D eigenvalue weighted by molar-refractivity contribution is 5.15. The largest absolute Gasteiger partial charge is 1.00 e. The van der Waals surface area contributed by atoms with Gasteiger partial charge >= 0.3 is 0 Å². The molecule has 0 aromatic heterocycles. The lowest BCUT2D eigenvalue weighted by Gasteiger charge is -2.34. The Morgan fingerprint density at radius 2 is 1.13 bits per heavy atom. The molecule has 0 saturated heterocycles. The van der Waals surface area contributed by atoms with E-state index in [2.05, 4.69) is 64.1 Å². The van der Waals surface area contributed by atoms with Gasteiger partial charge in [0, 0.05) is 12.8 Å². The third kappa shape index (κ3) is 15.6. The van der Waals surface area contributed by atoms with E-state index in [-0.39, 0.29) is 12.4 Å². The lowest BCUT2D eigenvalue weighted by Crippen LogP contribution is -3.00. The average molecular weight is 450 g/mol. The molecular weight excluding hydrogens is 398 g/mol. The van der Waals surface area contributed by atoms with Crippen LogP contribution in [0.15, 0.2) is 43.1 Å². The van der Waals surface area contributed by atoms with Gasteiger partial charge in [-0.3, -0.25) is 4.48 Å². The van der Waals surface area contributed by atoms with Crippen LogP contribution in [0.25, 0.3) is 0 Å². The second-order valence-electron chi connectivity index (χ2n) is 9.89. The zero-order valence-corrected chi connectivity index (χ0v) is 21.9. The van der Waals surface area contributed by atoms with Crippen molar-refractivity contribution >= 4 is 0 Å². The van der Waals surface area contributed by atoms with Gasteiger partial charge in [-0.05, 0) is 18.6 Å². The fourth-order valence-corrected chi connectivity index (χ4v) is 4.46. The monoisotopic (exact) mass is 449 g/mol. The highest BCUT2D eigenvalue weighted by Crippen LogP contribution is 2.21. The summed E-state index contributed by atoms with van der Waals surface area (Å²) in [4.78, 5) is 0. The summed E-state index contributed by atoms with van der Waals surface area (Å²) >= 11 is 0. The predicted molar refractivity (Wildman–Crippen MR) is 136 cm³/mol. The van der Waals surface area contributed by atoms with Gasteiger partial charge in [0.25, 0.3) is 0 Å². The number of unbranched alkanes of at least 4 members (excludes halogenated alkanes) is 14. The number of benzene rings is 1. The van der Waals surface area contributed by atoms with E-state index in [0.29, 0.717) is 6.04 Å². The van der Waals surface area contributed by atoms with Crippen LogP contribution in [0.4, 0.5) is 0 Å². The maximum atomic E-state index is 4.09. The van der Waals surface area contributed by atoms with Crippen LogP contribution in [0.2, 0.25) is 0 Å². The molecule has 180 valence electrons. The Balaban J connectivity index is 0.00000900. The van der Waals surface area contributed by atoms with E-state index in [9.17, 15) is 0 Å². The quantitative estimate of drug-likeness (QED) is 0.167. The van der Waals surface area contributed by atoms with Crippen molar-refractivity contribution in [2.24, 2.45) is 0 Å². The molecule has 1 aromatic rings. The van der Waals surface area contributed by atoms with Gasteiger partial charge in [-0.25, -0.2) is 0 Å². The van der Waals surface area contributed by atoms with E-state index < -0.39 is 0 Å². The van der Waals surface area contributed by atoms with Crippen LogP contribution in [0, 0.1) is 0 Å². The van der Waals surface area contributed by atoms with Crippen molar-refractivity contribution in [3.63, 3.8) is 0 Å². The molecule has 0 aliphatic rings. The summed E-state index contributed by atoms with van der Waals surface area (Å²) in [6.45, 7) is 6.39. The molecule has 1 aromatic carbocycles. The van der Waals surface area contributed by atoms with Crippen molar-refractivity contribution < 1.29 is 16.9 Å². The fraction of sp³-hybridized carbons (Fsp3) is 0.724. The molecule has 1 rings (SSSR count). The molecular formula is C29H52ClN. The first kappa shape index (κ1) is 30.2. The predicted octanol–water partition coefficient (Wildman–Crippen LogP) is 6.08. The SMILES string of the molecule is C=C[N+](C)(C)C(CCCCCCCCCCCCCCCCC)Cc1ccccc1.[Cl-]. The summed E-state index contributed by atoms with van der Waals surface area (Å²) < 4.78 is 0.910. The summed E-state index contributed by atoms with van der Waals surface area (Å²) in [5.41, 5.74) is 1.46. The second-order valence-corrected chi connectivity index (χ2v) is 9.89. The number of nitrogens with zero attached hydrogens (tertiary/aromatic N) is 1. The smallest absolute Gasteiger partial charge is 0.0968 e. The third-order valence-corrected chi connectivity index (χ3v) is 6.87. The number of halogens is 1. The maximum absolute atomic E-state index is 4.09. The lowest BCUT2D eigenvalue weighted by molar-refractivity contribution is -0.865. The minimum Gasteiger partial charge on any atom is -1.00 e. The molecule has 0 bridgehead atoms. The van der Waals surface area contributed by atoms with Gasteiger partial charge in [-0.1, -0.05) is 127 Å². The highest BCUT2D eigenvalue weighted by atomic mass is 35.5. The van der Waals surface area contributed by atoms with E-state index in [1.54, 1.807) is 0 Å². The van der Waals surface area contributed by atoms with Gasteiger partial charge in [0.2, 0.25) is 0 Å². The topological polar surface area (TPSA) is 0 Å². The maximum Gasteiger partial charge on any atom is 0.0968 e. The zero-order chi connectivity index (χ0) is 21.9. The third-order valence-electron chi connectivity index (χ3n) is 6.87. The second kappa shape index (κ2) is 19.9. The Hall–Kier alpha value is -0.790. The standard InChI is InChI=1S/C29H52N.ClH/c1-5-7-8-9-10-11-12-13-14-15-16-17-18-19-23-26-29(30(3,4)6-2)27-28-24-21-20-22-25-28;/h6,20-22,24-25,29H,2,5,7-19,23,26-27H2,1,3-4H3;1H/q+1;/p-1. The number of hydrogen-bond acceptors (Lipinski definition) is 0. The molecule has 0 aliphatic carbocycles. The summed E-state index contributed by atoms with van der Waals surface area (Å²) in [6.07, 6.45) is 26.1. The number of hydrogen-bond donors (Lipinski definition) is 0. The van der Waals surface area contributed by atoms with E-state index in [1.807, 2.05) is 0 Å². The average Bonchev–Trinajstić information content (AvgIpc) is 2.76. The van der Waals surface area contributed by atoms with E-state index in [4.69, 9.17) is 0 Å². The van der Waals surface area contributed by atoms with Crippen LogP contribution in [-0.2, 0) is 6.42 Å². The first-order chi connectivity index (χ1) is 14.6. The molecule has 0 heterocycles. The van der Waals surface area contributed by atoms with Crippen LogP contribution >= 0.6 is 0 Å². The Labute approximate surface area is 201 Å². The molecule has 2 heteroatoms. The lowest BCUT2D eigenvalue weighted by atomic mass is 9.97. The van der Waals surface area contributed by atoms with Gasteiger partial charge in [0.15, 0.2) is 0 Å². The van der Waals surface area contributed by atoms with Crippen molar-refractivity contribution in [1.82, 2.24) is 0 Å². The minimum atomic E-state index is 0. The van der Waals surface area contributed by atoms with Gasteiger partial charge in [0.1, 0.15) is 0 Å². The van der Waals surface area contributed by atoms with Crippen LogP contribution < -0.4 is 12.4 Å². The molecule has 1 atom stereocenters. The van der Waals surface area contributed by atoms with Gasteiger partial charge in [-0.15, -0.1) is 0 Å². The van der Waals surface area contributed by atoms with Crippen molar-refractivity contribution in [3.05, 3.63) is 48.7 Å². The summed E-state index contributed by atoms with van der Waals surface area (Å²) in [6, 6.07) is 11.6. The van der Waals surface area contributed by atoms with Crippen LogP contribution in [-0.4, -0.2) is 24.6 Å². The van der Waals surface area contributed by atoms with E-state index in [0.717, 1.165) is 10.9 Å². The van der Waals surface area contributed by atoms with Crippen LogP contribution in [0.3, 0.4) is 0 Å². The van der Waals surface area contributed by atoms with Gasteiger partial charge in [-0.2, -0.15) is 0 Å². The first-order valence-corrected chi connectivity index (χ1v) is 13.1. The zero-order valence-electron chi connectivity index (χ0n) is 21.1. The van der Waals surface area contributed by atoms with Crippen LogP contribution in [0.1, 0.15) is 115 Å². The van der Waals surface area contributed by atoms with E-state index >= 15 is 0 Å². The number of rotatable bonds is 20. The minimum absolute atomic E-state index is 0. The molecule has 0 N–H and O–H groups in total. The molecule has 0 fully saturated rings. The van der Waals surface area contributed by atoms with Gasteiger partial charge in [0.05, 0.1) is 26.3 Å². The van der Waals surface area contributed by atoms with Crippen molar-refractivity contribution in [3.8, 4) is 0 Å². The molecule has 0 amide bonds. The Morgan fingerprint density at radius 3 is 1.55 bits per heavy atom. The molecule has 0 saturated carbocycles. The molecule has 0 aliphatic heterocycles. The molecule has 1 unspecified atom stereocenters. The fourth-order valence-electron chi connectivity index (χ4n) is 4.46. The van der Waals surface area contributed by atoms with Crippen molar-refractivity contribution in [1.29, 1.82) is 0 Å². The van der Waals surface area contributed by atoms with Gasteiger partial charge < -0.3 is 12.4 Å². The molecule has 0 spiro atoms. The Morgan fingerprint density at radius 1 is 0.710 bits per heavy atom. The highest BCUT2D eigenvalue weighted by Gasteiger charge is 2.25. The summed E-state index contributed by atoms with van der Waals surface area (Å²) in [5.74, 6) is 0. The normalized spacial score (nSPS) is 12.4. The molecule has 0 radical (unpaired) electrons. The number of quaternary nitrogens is 1. The van der Waals surface area contributed by atoms with E-state index in [1.165, 1.54) is 108 Å². The van der Waals surface area contributed by atoms with Crippen molar-refractivity contribution in [2.75, 3.05) is 14.1 Å². The molecule has 1 nitrogen and oxygen atoms in total. The first-order valence-electron chi connectivity index (χ1n) is 13.1. The summed E-state index contributed by atoms with van der Waals surface area (Å²) in [5, 5.41) is 0. The number of likely N-dealkylation sites (N-methyl/N-ethyl adjacent to an activating group) is 1.